The standard InChI is InChI=1S/C20H24N2O3/c1-15(2)25-18-11-9-17(13-19(18)24-3)14-21-22-20(23)12-10-16-7-5-4-6-8-16/h4-9,11,13-15H,10,12H2,1-3H3,(H,22,23)/b21-14-. The van der Waals surface area contributed by atoms with Gasteiger partial charge in [0, 0.05) is 6.42 Å². The molecule has 1 N–H and O–H groups in total. The average Bonchev–Trinajstić information content (AvgIpc) is 2.61. The molecule has 0 spiro atoms. The Morgan fingerprint density at radius 1 is 1.16 bits per heavy atom. The highest BCUT2D eigenvalue weighted by Crippen LogP contribution is 2.28. The molecule has 1 amide bonds. The van der Waals surface area contributed by atoms with Crippen LogP contribution >= 0.6 is 0 Å². The third-order valence-electron chi connectivity index (χ3n) is 3.44. The smallest absolute Gasteiger partial charge is 0.240 e. The van der Waals surface area contributed by atoms with Crippen molar-refractivity contribution in [2.24, 2.45) is 5.10 Å². The SMILES string of the molecule is COc1cc(/C=N\NC(=O)CCc2ccccc2)ccc1OC(C)C. The summed E-state index contributed by atoms with van der Waals surface area (Å²) < 4.78 is 11.0. The fraction of sp³-hybridized carbons (Fsp3) is 0.300. The molecular formula is C20H24N2O3. The van der Waals surface area contributed by atoms with E-state index in [-0.39, 0.29) is 12.0 Å². The number of hydrazone groups is 1. The van der Waals surface area contributed by atoms with E-state index in [0.717, 1.165) is 11.1 Å². The highest BCUT2D eigenvalue weighted by molar-refractivity contribution is 5.83. The summed E-state index contributed by atoms with van der Waals surface area (Å²) in [5, 5.41) is 4.00. The zero-order valence-electron chi connectivity index (χ0n) is 14.9. The Morgan fingerprint density at radius 2 is 1.92 bits per heavy atom. The molecule has 2 aromatic rings. The van der Waals surface area contributed by atoms with Gasteiger partial charge < -0.3 is 9.47 Å². The van der Waals surface area contributed by atoms with E-state index in [4.69, 9.17) is 9.47 Å². The maximum atomic E-state index is 11.8. The highest BCUT2D eigenvalue weighted by Gasteiger charge is 2.07. The molecular weight excluding hydrogens is 316 g/mol. The van der Waals surface area contributed by atoms with Crippen molar-refractivity contribution < 1.29 is 14.3 Å². The third-order valence-corrected chi connectivity index (χ3v) is 3.44. The van der Waals surface area contributed by atoms with E-state index in [1.807, 2.05) is 62.4 Å². The Labute approximate surface area is 148 Å². The number of rotatable bonds is 8. The van der Waals surface area contributed by atoms with Crippen molar-refractivity contribution in [2.75, 3.05) is 7.11 Å². The molecule has 0 saturated heterocycles. The van der Waals surface area contributed by atoms with Gasteiger partial charge in [-0.15, -0.1) is 0 Å². The van der Waals surface area contributed by atoms with Gasteiger partial charge in [0.05, 0.1) is 19.4 Å². The Kier molecular flexibility index (Phi) is 7.01. The minimum atomic E-state index is -0.119. The number of methoxy groups -OCH3 is 1. The second-order valence-electron chi connectivity index (χ2n) is 5.86. The minimum absolute atomic E-state index is 0.0670. The molecule has 0 fully saturated rings. The maximum Gasteiger partial charge on any atom is 0.240 e. The van der Waals surface area contributed by atoms with Gasteiger partial charge in [0.1, 0.15) is 0 Å². The fourth-order valence-electron chi connectivity index (χ4n) is 2.25. The Bertz CT molecular complexity index is 712. The Hall–Kier alpha value is -2.82. The second-order valence-corrected chi connectivity index (χ2v) is 5.86. The van der Waals surface area contributed by atoms with Gasteiger partial charge in [-0.1, -0.05) is 30.3 Å². The van der Waals surface area contributed by atoms with Crippen LogP contribution < -0.4 is 14.9 Å². The first-order valence-corrected chi connectivity index (χ1v) is 8.29. The predicted octanol–water partition coefficient (Wildman–Crippen LogP) is 3.57. The second kappa shape index (κ2) is 9.47. The molecule has 2 aromatic carbocycles. The predicted molar refractivity (Wildman–Crippen MR) is 99.3 cm³/mol. The molecule has 0 unspecified atom stereocenters. The summed E-state index contributed by atoms with van der Waals surface area (Å²) in [6.45, 7) is 3.92. The van der Waals surface area contributed by atoms with Gasteiger partial charge >= 0.3 is 0 Å². The number of aryl methyl sites for hydroxylation is 1. The van der Waals surface area contributed by atoms with Crippen LogP contribution in [0, 0.1) is 0 Å². The molecule has 0 radical (unpaired) electrons. The number of benzene rings is 2. The first kappa shape index (κ1) is 18.5. The van der Waals surface area contributed by atoms with Crippen LogP contribution in [0.2, 0.25) is 0 Å². The van der Waals surface area contributed by atoms with Gasteiger partial charge in [0.2, 0.25) is 5.91 Å². The molecule has 0 saturated carbocycles. The van der Waals surface area contributed by atoms with Crippen LogP contribution in [-0.4, -0.2) is 25.3 Å². The van der Waals surface area contributed by atoms with Crippen LogP contribution in [0.4, 0.5) is 0 Å². The van der Waals surface area contributed by atoms with E-state index in [1.54, 1.807) is 13.3 Å². The Morgan fingerprint density at radius 3 is 2.60 bits per heavy atom. The molecule has 0 aliphatic heterocycles. The summed E-state index contributed by atoms with van der Waals surface area (Å²) >= 11 is 0. The number of nitrogens with one attached hydrogen (secondary N) is 1. The topological polar surface area (TPSA) is 59.9 Å². The number of carbonyl (C=O) groups is 1. The molecule has 25 heavy (non-hydrogen) atoms. The number of hydrogen-bond donors (Lipinski definition) is 1. The molecule has 0 bridgehead atoms. The lowest BCUT2D eigenvalue weighted by molar-refractivity contribution is -0.121. The van der Waals surface area contributed by atoms with Gasteiger partial charge in [-0.25, -0.2) is 5.43 Å². The summed E-state index contributed by atoms with van der Waals surface area (Å²) in [7, 11) is 1.59. The van der Waals surface area contributed by atoms with E-state index in [1.165, 1.54) is 0 Å². The largest absolute Gasteiger partial charge is 0.493 e. The average molecular weight is 340 g/mol. The van der Waals surface area contributed by atoms with Crippen molar-refractivity contribution in [1.29, 1.82) is 0 Å². The van der Waals surface area contributed by atoms with Crippen molar-refractivity contribution in [1.82, 2.24) is 5.43 Å². The van der Waals surface area contributed by atoms with E-state index in [9.17, 15) is 4.79 Å². The number of nitrogens with zero attached hydrogens (tertiary/aromatic N) is 1. The first-order chi connectivity index (χ1) is 12.1. The van der Waals surface area contributed by atoms with E-state index in [2.05, 4.69) is 10.5 Å². The molecule has 0 aliphatic carbocycles. The molecule has 0 aromatic heterocycles. The zero-order chi connectivity index (χ0) is 18.1. The summed E-state index contributed by atoms with van der Waals surface area (Å²) in [5.74, 6) is 1.20. The highest BCUT2D eigenvalue weighted by atomic mass is 16.5. The van der Waals surface area contributed by atoms with Crippen molar-refractivity contribution in [3.05, 3.63) is 59.7 Å². The van der Waals surface area contributed by atoms with Crippen LogP contribution in [0.15, 0.2) is 53.6 Å². The van der Waals surface area contributed by atoms with Crippen LogP contribution in [0.3, 0.4) is 0 Å². The number of ether oxygens (including phenoxy) is 2. The van der Waals surface area contributed by atoms with E-state index < -0.39 is 0 Å². The van der Waals surface area contributed by atoms with E-state index in [0.29, 0.717) is 24.3 Å². The molecule has 0 heterocycles. The van der Waals surface area contributed by atoms with Crippen LogP contribution in [-0.2, 0) is 11.2 Å². The molecule has 132 valence electrons. The summed E-state index contributed by atoms with van der Waals surface area (Å²) in [5.41, 5.74) is 4.49. The van der Waals surface area contributed by atoms with Gasteiger partial charge in [-0.05, 0) is 49.6 Å². The first-order valence-electron chi connectivity index (χ1n) is 8.29. The lowest BCUT2D eigenvalue weighted by Crippen LogP contribution is -2.17. The van der Waals surface area contributed by atoms with Crippen molar-refractivity contribution in [3.63, 3.8) is 0 Å². The molecule has 0 atom stereocenters. The van der Waals surface area contributed by atoms with E-state index >= 15 is 0 Å². The van der Waals surface area contributed by atoms with Crippen LogP contribution in [0.1, 0.15) is 31.4 Å². The summed E-state index contributed by atoms with van der Waals surface area (Å²) in [4.78, 5) is 11.8. The molecule has 5 heteroatoms. The van der Waals surface area contributed by atoms with Gasteiger partial charge in [-0.3, -0.25) is 4.79 Å². The monoisotopic (exact) mass is 340 g/mol. The van der Waals surface area contributed by atoms with Crippen LogP contribution in [0.5, 0.6) is 11.5 Å². The van der Waals surface area contributed by atoms with Crippen molar-refractivity contribution in [3.8, 4) is 11.5 Å². The van der Waals surface area contributed by atoms with Crippen molar-refractivity contribution >= 4 is 12.1 Å². The zero-order valence-corrected chi connectivity index (χ0v) is 14.9. The lowest BCUT2D eigenvalue weighted by atomic mass is 10.1. The lowest BCUT2D eigenvalue weighted by Gasteiger charge is -2.13. The molecule has 2 rings (SSSR count). The summed E-state index contributed by atoms with van der Waals surface area (Å²) in [6.07, 6.45) is 2.74. The molecule has 0 aliphatic rings. The van der Waals surface area contributed by atoms with Crippen molar-refractivity contribution in [2.45, 2.75) is 32.8 Å². The normalized spacial score (nSPS) is 10.9. The minimum Gasteiger partial charge on any atom is -0.493 e. The third kappa shape index (κ3) is 6.30. The number of carbonyl (C=O) groups excluding carboxylic acids is 1. The maximum absolute atomic E-state index is 11.8. The fourth-order valence-corrected chi connectivity index (χ4v) is 2.25. The number of amides is 1. The van der Waals surface area contributed by atoms with Gasteiger partial charge in [-0.2, -0.15) is 5.10 Å². The summed E-state index contributed by atoms with van der Waals surface area (Å²) in [6, 6.07) is 15.4. The number of hydrogen-bond acceptors (Lipinski definition) is 4. The molecule has 5 nitrogen and oxygen atoms in total. The van der Waals surface area contributed by atoms with Crippen LogP contribution in [0.25, 0.3) is 0 Å². The quantitative estimate of drug-likeness (QED) is 0.590. The van der Waals surface area contributed by atoms with Gasteiger partial charge in [0.15, 0.2) is 11.5 Å². The Balaban J connectivity index is 1.87. The van der Waals surface area contributed by atoms with Gasteiger partial charge in [0.25, 0.3) is 0 Å².